The summed E-state index contributed by atoms with van der Waals surface area (Å²) in [6, 6.07) is 13.8. The highest BCUT2D eigenvalue weighted by molar-refractivity contribution is 6.02. The first-order chi connectivity index (χ1) is 14.1. The first kappa shape index (κ1) is 19.8. The summed E-state index contributed by atoms with van der Waals surface area (Å²) in [5, 5.41) is 5.81. The molecule has 0 saturated heterocycles. The fraction of sp³-hybridized carbons (Fsp3) is 0.143. The summed E-state index contributed by atoms with van der Waals surface area (Å²) < 4.78 is 10.0. The van der Waals surface area contributed by atoms with Gasteiger partial charge in [0.1, 0.15) is 17.3 Å². The monoisotopic (exact) mass is 392 g/mol. The third-order valence-corrected chi connectivity index (χ3v) is 3.89. The highest BCUT2D eigenvalue weighted by Gasteiger charge is 2.09. The first-order valence-corrected chi connectivity index (χ1v) is 8.90. The Kier molecular flexibility index (Phi) is 6.36. The van der Waals surface area contributed by atoms with Gasteiger partial charge in [0.25, 0.3) is 5.91 Å². The Morgan fingerprint density at radius 1 is 0.931 bits per heavy atom. The summed E-state index contributed by atoms with van der Waals surface area (Å²) in [6.45, 7) is 2.49. The molecule has 0 unspecified atom stereocenters. The van der Waals surface area contributed by atoms with E-state index in [4.69, 9.17) is 4.74 Å². The van der Waals surface area contributed by atoms with Crippen LogP contribution in [0.3, 0.4) is 0 Å². The van der Waals surface area contributed by atoms with Gasteiger partial charge in [-0.3, -0.25) is 4.79 Å². The van der Waals surface area contributed by atoms with E-state index in [1.807, 2.05) is 6.92 Å². The van der Waals surface area contributed by atoms with Gasteiger partial charge in [-0.15, -0.1) is 0 Å². The van der Waals surface area contributed by atoms with Gasteiger partial charge < -0.3 is 20.1 Å². The average Bonchev–Trinajstić information content (AvgIpc) is 2.76. The zero-order valence-electron chi connectivity index (χ0n) is 16.0. The van der Waals surface area contributed by atoms with Crippen LogP contribution in [0.25, 0.3) is 0 Å². The Balaban J connectivity index is 1.60. The molecule has 1 heterocycles. The maximum absolute atomic E-state index is 12.3. The predicted molar refractivity (Wildman–Crippen MR) is 109 cm³/mol. The zero-order chi connectivity index (χ0) is 20.6. The van der Waals surface area contributed by atoms with E-state index in [1.165, 1.54) is 19.5 Å². The van der Waals surface area contributed by atoms with Crippen molar-refractivity contribution in [3.63, 3.8) is 0 Å². The molecule has 0 atom stereocenters. The van der Waals surface area contributed by atoms with Gasteiger partial charge in [0.2, 0.25) is 0 Å². The second kappa shape index (κ2) is 9.32. The molecule has 0 radical (unpaired) electrons. The molecule has 3 aromatic rings. The van der Waals surface area contributed by atoms with E-state index in [9.17, 15) is 9.59 Å². The second-order valence-corrected chi connectivity index (χ2v) is 5.89. The van der Waals surface area contributed by atoms with Crippen LogP contribution < -0.4 is 15.4 Å². The number of nitrogens with zero attached hydrogens (tertiary/aromatic N) is 2. The number of nitrogens with one attached hydrogen (secondary N) is 2. The topological polar surface area (TPSA) is 102 Å². The molecule has 0 fully saturated rings. The molecule has 0 spiro atoms. The van der Waals surface area contributed by atoms with Crippen LogP contribution >= 0.6 is 0 Å². The van der Waals surface area contributed by atoms with E-state index in [0.29, 0.717) is 23.7 Å². The summed E-state index contributed by atoms with van der Waals surface area (Å²) in [4.78, 5) is 32.1. The number of ether oxygens (including phenoxy) is 2. The van der Waals surface area contributed by atoms with E-state index < -0.39 is 5.97 Å². The van der Waals surface area contributed by atoms with Crippen LogP contribution in [0.1, 0.15) is 27.8 Å². The molecule has 0 aliphatic heterocycles. The Bertz CT molecular complexity index is 971. The molecule has 0 aliphatic rings. The van der Waals surface area contributed by atoms with Crippen molar-refractivity contribution in [1.82, 2.24) is 9.97 Å². The first-order valence-electron chi connectivity index (χ1n) is 8.90. The standard InChI is InChI=1S/C21H20N4O4/c1-3-29-17-10-8-16(9-11-17)25-20(26)18-12-23-19(13-22-18)24-15-6-4-14(5-7-15)21(27)28-2/h4-13H,3H2,1-2H3,(H,23,24)(H,25,26). The lowest BCUT2D eigenvalue weighted by atomic mass is 10.2. The molecule has 1 amide bonds. The van der Waals surface area contributed by atoms with Crippen molar-refractivity contribution in [3.8, 4) is 5.75 Å². The third kappa shape index (κ3) is 5.29. The Labute approximate surface area is 167 Å². The highest BCUT2D eigenvalue weighted by Crippen LogP contribution is 2.17. The van der Waals surface area contributed by atoms with Gasteiger partial charge in [0.15, 0.2) is 0 Å². The van der Waals surface area contributed by atoms with Crippen LogP contribution in [0.15, 0.2) is 60.9 Å². The molecule has 148 valence electrons. The van der Waals surface area contributed by atoms with Crippen LogP contribution in [0, 0.1) is 0 Å². The Morgan fingerprint density at radius 3 is 2.21 bits per heavy atom. The number of carbonyl (C=O) groups is 2. The van der Waals surface area contributed by atoms with Crippen molar-refractivity contribution in [3.05, 3.63) is 72.2 Å². The molecule has 8 heteroatoms. The number of amides is 1. The van der Waals surface area contributed by atoms with Crippen molar-refractivity contribution in [2.24, 2.45) is 0 Å². The summed E-state index contributed by atoms with van der Waals surface area (Å²) in [5.41, 5.74) is 1.99. The average molecular weight is 392 g/mol. The van der Waals surface area contributed by atoms with Crippen LogP contribution in [0.5, 0.6) is 5.75 Å². The molecular weight excluding hydrogens is 372 g/mol. The molecule has 8 nitrogen and oxygen atoms in total. The van der Waals surface area contributed by atoms with Crippen molar-refractivity contribution in [1.29, 1.82) is 0 Å². The Morgan fingerprint density at radius 2 is 1.62 bits per heavy atom. The fourth-order valence-corrected chi connectivity index (χ4v) is 2.46. The number of hydrogen-bond donors (Lipinski definition) is 2. The molecule has 0 bridgehead atoms. The molecule has 29 heavy (non-hydrogen) atoms. The highest BCUT2D eigenvalue weighted by atomic mass is 16.5. The number of rotatable bonds is 7. The molecule has 3 rings (SSSR count). The van der Waals surface area contributed by atoms with Crippen LogP contribution in [-0.4, -0.2) is 35.6 Å². The quantitative estimate of drug-likeness (QED) is 0.592. The summed E-state index contributed by atoms with van der Waals surface area (Å²) >= 11 is 0. The maximum atomic E-state index is 12.3. The number of carbonyl (C=O) groups excluding carboxylic acids is 2. The van der Waals surface area contributed by atoms with E-state index in [0.717, 1.165) is 11.4 Å². The number of aromatic nitrogens is 2. The van der Waals surface area contributed by atoms with Crippen molar-refractivity contribution in [2.45, 2.75) is 6.92 Å². The van der Waals surface area contributed by atoms with E-state index in [1.54, 1.807) is 48.5 Å². The summed E-state index contributed by atoms with van der Waals surface area (Å²) in [6.07, 6.45) is 2.84. The van der Waals surface area contributed by atoms with Crippen molar-refractivity contribution in [2.75, 3.05) is 24.4 Å². The van der Waals surface area contributed by atoms with E-state index in [2.05, 4.69) is 25.3 Å². The Hall–Kier alpha value is -3.94. The van der Waals surface area contributed by atoms with Gasteiger partial charge in [-0.05, 0) is 55.5 Å². The smallest absolute Gasteiger partial charge is 0.337 e. The lowest BCUT2D eigenvalue weighted by molar-refractivity contribution is 0.0600. The maximum Gasteiger partial charge on any atom is 0.337 e. The SMILES string of the molecule is CCOc1ccc(NC(=O)c2cnc(Nc3ccc(C(=O)OC)cc3)cn2)cc1. The molecule has 0 saturated carbocycles. The number of hydrogen-bond acceptors (Lipinski definition) is 7. The van der Waals surface area contributed by atoms with E-state index >= 15 is 0 Å². The minimum absolute atomic E-state index is 0.186. The van der Waals surface area contributed by atoms with Crippen LogP contribution in [0.4, 0.5) is 17.2 Å². The number of anilines is 3. The zero-order valence-corrected chi connectivity index (χ0v) is 16.0. The van der Waals surface area contributed by atoms with Gasteiger partial charge in [-0.25, -0.2) is 14.8 Å². The largest absolute Gasteiger partial charge is 0.494 e. The van der Waals surface area contributed by atoms with Gasteiger partial charge in [-0.1, -0.05) is 0 Å². The molecule has 1 aromatic heterocycles. The summed E-state index contributed by atoms with van der Waals surface area (Å²) in [7, 11) is 1.33. The third-order valence-electron chi connectivity index (χ3n) is 3.89. The van der Waals surface area contributed by atoms with Gasteiger partial charge in [0, 0.05) is 11.4 Å². The van der Waals surface area contributed by atoms with Gasteiger partial charge >= 0.3 is 5.97 Å². The number of benzene rings is 2. The molecule has 2 N–H and O–H groups in total. The van der Waals surface area contributed by atoms with Crippen LogP contribution in [0.2, 0.25) is 0 Å². The minimum atomic E-state index is -0.403. The van der Waals surface area contributed by atoms with Gasteiger partial charge in [-0.2, -0.15) is 0 Å². The molecule has 0 aliphatic carbocycles. The van der Waals surface area contributed by atoms with Gasteiger partial charge in [0.05, 0.1) is 31.7 Å². The fourth-order valence-electron chi connectivity index (χ4n) is 2.46. The normalized spacial score (nSPS) is 10.1. The summed E-state index contributed by atoms with van der Waals surface area (Å²) in [5.74, 6) is 0.434. The molecular formula is C21H20N4O4. The number of esters is 1. The second-order valence-electron chi connectivity index (χ2n) is 5.89. The lowest BCUT2D eigenvalue weighted by Gasteiger charge is -2.08. The van der Waals surface area contributed by atoms with Crippen LogP contribution in [-0.2, 0) is 4.74 Å². The number of methoxy groups -OCH3 is 1. The lowest BCUT2D eigenvalue weighted by Crippen LogP contribution is -2.14. The molecule has 2 aromatic carbocycles. The minimum Gasteiger partial charge on any atom is -0.494 e. The van der Waals surface area contributed by atoms with Crippen molar-refractivity contribution >= 4 is 29.1 Å². The predicted octanol–water partition coefficient (Wildman–Crippen LogP) is 3.66. The van der Waals surface area contributed by atoms with E-state index in [-0.39, 0.29) is 11.6 Å². The van der Waals surface area contributed by atoms with Crippen molar-refractivity contribution < 1.29 is 19.1 Å².